The summed E-state index contributed by atoms with van der Waals surface area (Å²) in [5.41, 5.74) is 0.646. The predicted octanol–water partition coefficient (Wildman–Crippen LogP) is 3.40. The van der Waals surface area contributed by atoms with Crippen LogP contribution in [-0.4, -0.2) is 28.8 Å². The number of halogens is 5. The summed E-state index contributed by atoms with van der Waals surface area (Å²) >= 11 is 0. The van der Waals surface area contributed by atoms with E-state index in [9.17, 15) is 26.7 Å². The third kappa shape index (κ3) is 4.46. The normalized spacial score (nSPS) is 11.4. The van der Waals surface area contributed by atoms with Crippen LogP contribution in [0.25, 0.3) is 11.4 Å². The van der Waals surface area contributed by atoms with E-state index in [-0.39, 0.29) is 23.4 Å². The van der Waals surface area contributed by atoms with Crippen molar-refractivity contribution in [3.05, 3.63) is 47.5 Å². The van der Waals surface area contributed by atoms with Crippen molar-refractivity contribution in [2.75, 3.05) is 6.67 Å². The van der Waals surface area contributed by atoms with E-state index in [0.29, 0.717) is 5.56 Å². The molecule has 0 bridgehead atoms. The van der Waals surface area contributed by atoms with Gasteiger partial charge in [0.2, 0.25) is 0 Å². The van der Waals surface area contributed by atoms with Gasteiger partial charge in [0, 0.05) is 29.9 Å². The molecule has 2 rings (SSSR count). The van der Waals surface area contributed by atoms with Crippen LogP contribution in [0.2, 0.25) is 0 Å². The van der Waals surface area contributed by atoms with Gasteiger partial charge in [-0.25, -0.2) is 19.2 Å². The van der Waals surface area contributed by atoms with Crippen LogP contribution in [-0.2, 0) is 22.6 Å². The molecule has 0 saturated carbocycles. The Morgan fingerprint density at radius 1 is 1.17 bits per heavy atom. The molecule has 9 heteroatoms. The smallest absolute Gasteiger partial charge is 0.454 e. The number of hydrogen-bond acceptors (Lipinski definition) is 4. The van der Waals surface area contributed by atoms with Crippen molar-refractivity contribution in [3.63, 3.8) is 0 Å². The highest BCUT2D eigenvalue weighted by Crippen LogP contribution is 2.21. The minimum atomic E-state index is -5.13. The van der Waals surface area contributed by atoms with Gasteiger partial charge in [0.15, 0.2) is 5.82 Å². The summed E-state index contributed by atoms with van der Waals surface area (Å²) in [5, 5.41) is 0. The Morgan fingerprint density at radius 3 is 2.38 bits per heavy atom. The van der Waals surface area contributed by atoms with Crippen molar-refractivity contribution < 1.29 is 31.5 Å². The Hall–Kier alpha value is -2.58. The summed E-state index contributed by atoms with van der Waals surface area (Å²) in [6.45, 7) is -1.40. The van der Waals surface area contributed by atoms with Crippen LogP contribution in [0.3, 0.4) is 0 Å². The molecule has 1 aromatic heterocycles. The summed E-state index contributed by atoms with van der Waals surface area (Å²) in [7, 11) is 0. The van der Waals surface area contributed by atoms with Gasteiger partial charge in [-0.2, -0.15) is 13.2 Å². The van der Waals surface area contributed by atoms with Gasteiger partial charge in [-0.1, -0.05) is 12.1 Å². The molecule has 0 saturated heterocycles. The van der Waals surface area contributed by atoms with Gasteiger partial charge in [-0.05, 0) is 11.6 Å². The molecule has 0 unspecified atom stereocenters. The first-order chi connectivity index (χ1) is 11.3. The molecule has 0 aliphatic heterocycles. The van der Waals surface area contributed by atoms with Crippen molar-refractivity contribution >= 4 is 5.97 Å². The third-order valence-electron chi connectivity index (χ3n) is 2.99. The Balaban J connectivity index is 2.10. The number of carbonyl (C=O) groups is 1. The maximum Gasteiger partial charge on any atom is 0.490 e. The maximum absolute atomic E-state index is 13.9. The van der Waals surface area contributed by atoms with Crippen LogP contribution in [0.5, 0.6) is 0 Å². The Bertz CT molecular complexity index is 717. The van der Waals surface area contributed by atoms with Crippen LogP contribution in [0, 0.1) is 5.82 Å². The van der Waals surface area contributed by atoms with Gasteiger partial charge in [-0.3, -0.25) is 4.39 Å². The summed E-state index contributed by atoms with van der Waals surface area (Å²) in [6.07, 6.45) is -2.17. The lowest BCUT2D eigenvalue weighted by molar-refractivity contribution is -0.201. The third-order valence-corrected chi connectivity index (χ3v) is 2.99. The molecule has 128 valence electrons. The maximum atomic E-state index is 13.9. The highest BCUT2D eigenvalue weighted by Gasteiger charge is 2.40. The van der Waals surface area contributed by atoms with Gasteiger partial charge < -0.3 is 4.74 Å². The standard InChI is InChI=1S/C15H11F5N2O2/c16-4-3-9-6-21-13(22-7-9)10-1-2-11(12(17)5-10)8-24-14(23)15(18,19)20/h1-2,5-7H,3-4,8H2. The highest BCUT2D eigenvalue weighted by atomic mass is 19.4. The molecule has 2 aromatic rings. The second kappa shape index (κ2) is 7.33. The molecule has 1 heterocycles. The lowest BCUT2D eigenvalue weighted by Crippen LogP contribution is -2.25. The molecule has 0 radical (unpaired) electrons. The monoisotopic (exact) mass is 346 g/mol. The molecule has 4 nitrogen and oxygen atoms in total. The first kappa shape index (κ1) is 17.8. The zero-order valence-electron chi connectivity index (χ0n) is 12.1. The second-order valence-corrected chi connectivity index (χ2v) is 4.73. The van der Waals surface area contributed by atoms with Gasteiger partial charge in [0.1, 0.15) is 12.4 Å². The number of alkyl halides is 4. The Morgan fingerprint density at radius 2 is 1.83 bits per heavy atom. The van der Waals surface area contributed by atoms with Crippen LogP contribution in [0.4, 0.5) is 22.0 Å². The van der Waals surface area contributed by atoms with E-state index in [0.717, 1.165) is 6.07 Å². The average Bonchev–Trinajstić information content (AvgIpc) is 2.53. The first-order valence-electron chi connectivity index (χ1n) is 6.71. The van der Waals surface area contributed by atoms with Crippen molar-refractivity contribution in [3.8, 4) is 11.4 Å². The minimum absolute atomic E-state index is 0.165. The topological polar surface area (TPSA) is 52.1 Å². The van der Waals surface area contributed by atoms with E-state index >= 15 is 0 Å². The van der Waals surface area contributed by atoms with Crippen LogP contribution in [0.15, 0.2) is 30.6 Å². The summed E-state index contributed by atoms with van der Waals surface area (Å²) in [4.78, 5) is 18.5. The Labute approximate surface area is 133 Å². The van der Waals surface area contributed by atoms with Crippen molar-refractivity contribution in [2.24, 2.45) is 0 Å². The largest absolute Gasteiger partial charge is 0.490 e. The summed E-state index contributed by atoms with van der Waals surface area (Å²) < 4.78 is 66.1. The molecule has 0 amide bonds. The molecule has 0 N–H and O–H groups in total. The quantitative estimate of drug-likeness (QED) is 0.615. The first-order valence-corrected chi connectivity index (χ1v) is 6.71. The van der Waals surface area contributed by atoms with Crippen molar-refractivity contribution in [2.45, 2.75) is 19.2 Å². The van der Waals surface area contributed by atoms with E-state index in [2.05, 4.69) is 14.7 Å². The fourth-order valence-electron chi connectivity index (χ4n) is 1.77. The molecule has 0 fully saturated rings. The minimum Gasteiger partial charge on any atom is -0.454 e. The number of ether oxygens (including phenoxy) is 1. The summed E-state index contributed by atoms with van der Waals surface area (Å²) in [5.74, 6) is -3.08. The van der Waals surface area contributed by atoms with Gasteiger partial charge in [-0.15, -0.1) is 0 Å². The predicted molar refractivity (Wildman–Crippen MR) is 73.0 cm³/mol. The zero-order chi connectivity index (χ0) is 17.7. The number of carbonyl (C=O) groups excluding carboxylic acids is 1. The molecular formula is C15H11F5N2O2. The van der Waals surface area contributed by atoms with E-state index < -0.39 is 31.2 Å². The number of rotatable bonds is 5. The number of esters is 1. The van der Waals surface area contributed by atoms with Crippen LogP contribution < -0.4 is 0 Å². The van der Waals surface area contributed by atoms with Gasteiger partial charge in [0.25, 0.3) is 0 Å². The van der Waals surface area contributed by atoms with E-state index in [4.69, 9.17) is 0 Å². The molecule has 24 heavy (non-hydrogen) atoms. The van der Waals surface area contributed by atoms with Crippen LogP contribution in [0.1, 0.15) is 11.1 Å². The SMILES string of the molecule is O=C(OCc1ccc(-c2ncc(CCF)cn2)cc1F)C(F)(F)F. The second-order valence-electron chi connectivity index (χ2n) is 4.73. The van der Waals surface area contributed by atoms with Gasteiger partial charge in [0.05, 0.1) is 6.67 Å². The number of hydrogen-bond donors (Lipinski definition) is 0. The number of benzene rings is 1. The average molecular weight is 346 g/mol. The highest BCUT2D eigenvalue weighted by molar-refractivity contribution is 5.75. The zero-order valence-corrected chi connectivity index (χ0v) is 12.1. The van der Waals surface area contributed by atoms with Crippen molar-refractivity contribution in [1.82, 2.24) is 9.97 Å². The lowest BCUT2D eigenvalue weighted by atomic mass is 10.1. The molecule has 1 aromatic carbocycles. The van der Waals surface area contributed by atoms with Gasteiger partial charge >= 0.3 is 12.1 Å². The van der Waals surface area contributed by atoms with Crippen molar-refractivity contribution in [1.29, 1.82) is 0 Å². The number of aryl methyl sites for hydroxylation is 1. The number of nitrogens with zero attached hydrogens (tertiary/aromatic N) is 2. The molecule has 0 aliphatic rings. The van der Waals surface area contributed by atoms with E-state index in [1.54, 1.807) is 0 Å². The van der Waals surface area contributed by atoms with Crippen LogP contribution >= 0.6 is 0 Å². The van der Waals surface area contributed by atoms with E-state index in [1.165, 1.54) is 24.5 Å². The fourth-order valence-corrected chi connectivity index (χ4v) is 1.77. The Kier molecular flexibility index (Phi) is 5.42. The number of aromatic nitrogens is 2. The van der Waals surface area contributed by atoms with E-state index in [1.807, 2.05) is 0 Å². The molecule has 0 atom stereocenters. The lowest BCUT2D eigenvalue weighted by Gasteiger charge is -2.09. The fraction of sp³-hybridized carbons (Fsp3) is 0.267. The molecular weight excluding hydrogens is 335 g/mol. The molecule has 0 spiro atoms. The molecule has 0 aliphatic carbocycles. The summed E-state index contributed by atoms with van der Waals surface area (Å²) in [6, 6.07) is 3.57.